The molecule has 1 heteroatoms. The van der Waals surface area contributed by atoms with Crippen LogP contribution in [0, 0.1) is 20.8 Å². The Hall–Kier alpha value is -4.49. The van der Waals surface area contributed by atoms with Crippen LogP contribution < -0.4 is 0 Å². The van der Waals surface area contributed by atoms with Crippen molar-refractivity contribution in [2.45, 2.75) is 20.8 Å². The van der Waals surface area contributed by atoms with E-state index in [0.717, 1.165) is 5.69 Å². The van der Waals surface area contributed by atoms with Gasteiger partial charge in [-0.1, -0.05) is 115 Å². The van der Waals surface area contributed by atoms with Crippen molar-refractivity contribution in [1.82, 2.24) is 4.98 Å². The Balaban J connectivity index is 0.000000155. The molecule has 0 radical (unpaired) electrons. The molecule has 0 fully saturated rings. The van der Waals surface area contributed by atoms with Gasteiger partial charge in [0.1, 0.15) is 0 Å². The summed E-state index contributed by atoms with van der Waals surface area (Å²) in [6.45, 7) is 6.30. The predicted octanol–water partition coefficient (Wildman–Crippen LogP) is 9.83. The smallest absolute Gasteiger partial charge is 0.0451 e. The van der Waals surface area contributed by atoms with Gasteiger partial charge in [0.2, 0.25) is 0 Å². The van der Waals surface area contributed by atoms with E-state index in [4.69, 9.17) is 0 Å². The number of aryl methyl sites for hydroxylation is 3. The van der Waals surface area contributed by atoms with Crippen LogP contribution in [0.1, 0.15) is 16.8 Å². The van der Waals surface area contributed by atoms with E-state index in [-0.39, 0.29) is 0 Å². The van der Waals surface area contributed by atoms with E-state index in [2.05, 4.69) is 128 Å². The topological polar surface area (TPSA) is 12.9 Å². The fraction of sp³-hybridized carbons (Fsp3) is 0.0833. The minimum Gasteiger partial charge on any atom is -0.261 e. The Labute approximate surface area is 219 Å². The van der Waals surface area contributed by atoms with Gasteiger partial charge < -0.3 is 0 Å². The number of aromatic nitrogens is 1. The van der Waals surface area contributed by atoms with Crippen LogP contribution in [-0.2, 0) is 0 Å². The van der Waals surface area contributed by atoms with E-state index in [0.29, 0.717) is 0 Å². The van der Waals surface area contributed by atoms with E-state index in [1.54, 1.807) is 0 Å². The van der Waals surface area contributed by atoms with Crippen LogP contribution in [0.2, 0.25) is 0 Å². The molecule has 6 aromatic rings. The Morgan fingerprint density at radius 1 is 0.459 bits per heavy atom. The molecule has 0 atom stereocenters. The van der Waals surface area contributed by atoms with Gasteiger partial charge in [-0.2, -0.15) is 0 Å². The fourth-order valence-corrected chi connectivity index (χ4v) is 5.46. The van der Waals surface area contributed by atoms with Crippen LogP contribution >= 0.6 is 0 Å². The zero-order chi connectivity index (χ0) is 25.4. The number of benzene rings is 5. The van der Waals surface area contributed by atoms with Gasteiger partial charge in [-0.05, 0) is 82.1 Å². The summed E-state index contributed by atoms with van der Waals surface area (Å²) in [5, 5.41) is 2.72. The molecule has 0 aliphatic heterocycles. The lowest BCUT2D eigenvalue weighted by molar-refractivity contribution is 1.20. The van der Waals surface area contributed by atoms with E-state index in [9.17, 15) is 0 Å². The normalized spacial score (nSPS) is 11.1. The Kier molecular flexibility index (Phi) is 5.90. The zero-order valence-electron chi connectivity index (χ0n) is 21.5. The first-order chi connectivity index (χ1) is 18.1. The summed E-state index contributed by atoms with van der Waals surface area (Å²) < 4.78 is 0. The highest BCUT2D eigenvalue weighted by Crippen LogP contribution is 2.50. The van der Waals surface area contributed by atoms with Gasteiger partial charge in [0.25, 0.3) is 0 Å². The molecule has 0 amide bonds. The molecular formula is C36H29N. The number of nitrogens with zero attached hydrogens (tertiary/aromatic N) is 1. The maximum Gasteiger partial charge on any atom is 0.0451 e. The molecule has 178 valence electrons. The van der Waals surface area contributed by atoms with Crippen molar-refractivity contribution in [1.29, 1.82) is 0 Å². The standard InChI is InChI=1S/C23H16.C13H13N/c1-15-11-13-16(14-12-15)18-7-4-9-20-19-8-2-5-17-6-3-10-21(22(17)19)23(18)20;1-10-6-3-4-7-12(10)13-8-5-9-14-11(13)2/h2-14H,1H3;3-9H,1-2H3. The summed E-state index contributed by atoms with van der Waals surface area (Å²) in [6.07, 6.45) is 1.83. The van der Waals surface area contributed by atoms with Crippen molar-refractivity contribution >= 4 is 10.8 Å². The molecule has 1 aliphatic carbocycles. The number of fused-ring (bicyclic) bond motifs is 3. The van der Waals surface area contributed by atoms with Crippen LogP contribution in [0.25, 0.3) is 55.3 Å². The van der Waals surface area contributed by atoms with Crippen molar-refractivity contribution in [2.24, 2.45) is 0 Å². The van der Waals surface area contributed by atoms with Gasteiger partial charge in [0.15, 0.2) is 0 Å². The van der Waals surface area contributed by atoms with Crippen molar-refractivity contribution in [3.63, 3.8) is 0 Å². The number of hydrogen-bond acceptors (Lipinski definition) is 1. The van der Waals surface area contributed by atoms with E-state index in [1.165, 1.54) is 66.4 Å². The highest BCUT2D eigenvalue weighted by Gasteiger charge is 2.23. The molecular weight excluding hydrogens is 446 g/mol. The average Bonchev–Trinajstić information content (AvgIpc) is 3.26. The van der Waals surface area contributed by atoms with Crippen LogP contribution in [-0.4, -0.2) is 4.98 Å². The summed E-state index contributed by atoms with van der Waals surface area (Å²) in [5.41, 5.74) is 14.3. The zero-order valence-corrected chi connectivity index (χ0v) is 21.5. The van der Waals surface area contributed by atoms with Gasteiger partial charge in [-0.3, -0.25) is 4.98 Å². The maximum absolute atomic E-state index is 4.30. The molecule has 1 aliphatic rings. The van der Waals surface area contributed by atoms with Crippen molar-refractivity contribution in [2.75, 3.05) is 0 Å². The van der Waals surface area contributed by atoms with E-state index < -0.39 is 0 Å². The average molecular weight is 476 g/mol. The summed E-state index contributed by atoms with van der Waals surface area (Å²) >= 11 is 0. The third-order valence-corrected chi connectivity index (χ3v) is 7.33. The third-order valence-electron chi connectivity index (χ3n) is 7.33. The second-order valence-electron chi connectivity index (χ2n) is 9.75. The van der Waals surface area contributed by atoms with E-state index in [1.807, 2.05) is 19.2 Å². The summed E-state index contributed by atoms with van der Waals surface area (Å²) in [5.74, 6) is 0. The predicted molar refractivity (Wildman–Crippen MR) is 158 cm³/mol. The quantitative estimate of drug-likeness (QED) is 0.242. The summed E-state index contributed by atoms with van der Waals surface area (Å²) in [6, 6.07) is 41.3. The Bertz CT molecular complexity index is 1690. The minimum atomic E-state index is 1.09. The van der Waals surface area contributed by atoms with Crippen LogP contribution in [0.4, 0.5) is 0 Å². The molecule has 7 rings (SSSR count). The molecule has 0 spiro atoms. The molecule has 0 saturated carbocycles. The summed E-state index contributed by atoms with van der Waals surface area (Å²) in [7, 11) is 0. The monoisotopic (exact) mass is 475 g/mol. The largest absolute Gasteiger partial charge is 0.261 e. The number of rotatable bonds is 2. The van der Waals surface area contributed by atoms with E-state index >= 15 is 0 Å². The lowest BCUT2D eigenvalue weighted by atomic mass is 9.93. The highest BCUT2D eigenvalue weighted by atomic mass is 14.7. The molecule has 1 heterocycles. The van der Waals surface area contributed by atoms with Gasteiger partial charge in [0.05, 0.1) is 0 Å². The Morgan fingerprint density at radius 3 is 1.84 bits per heavy atom. The second-order valence-corrected chi connectivity index (χ2v) is 9.75. The highest BCUT2D eigenvalue weighted by molar-refractivity contribution is 6.18. The van der Waals surface area contributed by atoms with Crippen LogP contribution in [0.15, 0.2) is 121 Å². The SMILES string of the molecule is Cc1ccc(-c2cccc3c2-c2cccc4cccc-3c24)cc1.Cc1ccccc1-c1cccnc1C. The molecule has 0 N–H and O–H groups in total. The van der Waals surface area contributed by atoms with Gasteiger partial charge >= 0.3 is 0 Å². The van der Waals surface area contributed by atoms with Crippen molar-refractivity contribution < 1.29 is 0 Å². The molecule has 1 aromatic heterocycles. The van der Waals surface area contributed by atoms with Gasteiger partial charge in [-0.15, -0.1) is 0 Å². The fourth-order valence-electron chi connectivity index (χ4n) is 5.46. The first-order valence-corrected chi connectivity index (χ1v) is 12.8. The first-order valence-electron chi connectivity index (χ1n) is 12.8. The first kappa shape index (κ1) is 22.9. The van der Waals surface area contributed by atoms with Gasteiger partial charge in [-0.25, -0.2) is 0 Å². The second kappa shape index (κ2) is 9.52. The lowest BCUT2D eigenvalue weighted by Gasteiger charge is -2.10. The number of pyridine rings is 1. The third kappa shape index (κ3) is 4.13. The maximum atomic E-state index is 4.30. The van der Waals surface area contributed by atoms with Crippen LogP contribution in [0.3, 0.4) is 0 Å². The molecule has 1 nitrogen and oxygen atoms in total. The minimum absolute atomic E-state index is 1.09. The lowest BCUT2D eigenvalue weighted by Crippen LogP contribution is -1.88. The number of hydrogen-bond donors (Lipinski definition) is 0. The molecule has 0 unspecified atom stereocenters. The molecule has 5 aromatic carbocycles. The van der Waals surface area contributed by atoms with Crippen molar-refractivity contribution in [3.8, 4) is 44.5 Å². The Morgan fingerprint density at radius 2 is 1.08 bits per heavy atom. The molecule has 37 heavy (non-hydrogen) atoms. The molecule has 0 bridgehead atoms. The molecule has 0 saturated heterocycles. The van der Waals surface area contributed by atoms with Gasteiger partial charge in [0, 0.05) is 17.5 Å². The van der Waals surface area contributed by atoms with Crippen LogP contribution in [0.5, 0.6) is 0 Å². The summed E-state index contributed by atoms with van der Waals surface area (Å²) in [4.78, 5) is 4.30. The van der Waals surface area contributed by atoms with Crippen molar-refractivity contribution in [3.05, 3.63) is 138 Å².